The van der Waals surface area contributed by atoms with Crippen LogP contribution in [0.2, 0.25) is 5.02 Å². The van der Waals surface area contributed by atoms with Crippen LogP contribution in [0.3, 0.4) is 0 Å². The van der Waals surface area contributed by atoms with Gasteiger partial charge in [0.05, 0.1) is 17.0 Å². The SMILES string of the molecule is CCOC(=O)c1cc2c(F)c(Cl)cc(-c3ccc(N4CCN(C(=O)OC(C)(C)C)CC4)cc3)c2o1. The quantitative estimate of drug-likeness (QED) is 0.400. The van der Waals surface area contributed by atoms with Crippen LogP contribution in [0.15, 0.2) is 40.8 Å². The Balaban J connectivity index is 1.53. The Hall–Kier alpha value is -3.26. The van der Waals surface area contributed by atoms with Gasteiger partial charge in [-0.3, -0.25) is 0 Å². The van der Waals surface area contributed by atoms with Crippen LogP contribution in [0.5, 0.6) is 0 Å². The van der Waals surface area contributed by atoms with E-state index < -0.39 is 17.4 Å². The third kappa shape index (κ3) is 5.37. The van der Waals surface area contributed by atoms with E-state index in [9.17, 15) is 14.0 Å². The Morgan fingerprint density at radius 2 is 1.74 bits per heavy atom. The number of benzene rings is 2. The summed E-state index contributed by atoms with van der Waals surface area (Å²) in [4.78, 5) is 28.3. The summed E-state index contributed by atoms with van der Waals surface area (Å²) in [6.07, 6.45) is -0.301. The second-order valence-corrected chi connectivity index (χ2v) is 9.70. The van der Waals surface area contributed by atoms with Gasteiger partial charge in [-0.15, -0.1) is 0 Å². The molecule has 0 saturated carbocycles. The van der Waals surface area contributed by atoms with E-state index in [-0.39, 0.29) is 34.5 Å². The van der Waals surface area contributed by atoms with Crippen molar-refractivity contribution in [3.63, 3.8) is 0 Å². The lowest BCUT2D eigenvalue weighted by atomic mass is 10.0. The molecule has 0 unspecified atom stereocenters. The molecule has 0 aliphatic carbocycles. The molecule has 0 bridgehead atoms. The number of furan rings is 1. The van der Waals surface area contributed by atoms with Crippen molar-refractivity contribution in [3.8, 4) is 11.1 Å². The standard InChI is InChI=1S/C26H28ClFN2O5/c1-5-33-24(31)21-15-19-22(28)20(27)14-18(23(19)34-21)16-6-8-17(9-7-16)29-10-12-30(13-11-29)25(32)35-26(2,3)4/h6-9,14-15H,5,10-13H2,1-4H3. The first-order chi connectivity index (χ1) is 16.6. The number of esters is 1. The number of ether oxygens (including phenoxy) is 2. The molecule has 4 rings (SSSR count). The third-order valence-electron chi connectivity index (χ3n) is 5.65. The van der Waals surface area contributed by atoms with E-state index in [4.69, 9.17) is 25.5 Å². The number of halogens is 2. The molecule has 1 saturated heterocycles. The largest absolute Gasteiger partial charge is 0.460 e. The number of rotatable bonds is 4. The highest BCUT2D eigenvalue weighted by atomic mass is 35.5. The Bertz CT molecular complexity index is 1240. The molecule has 1 aromatic heterocycles. The minimum Gasteiger partial charge on any atom is -0.460 e. The zero-order valence-electron chi connectivity index (χ0n) is 20.2. The second kappa shape index (κ2) is 9.77. The molecule has 186 valence electrons. The van der Waals surface area contributed by atoms with Crippen molar-refractivity contribution in [2.75, 3.05) is 37.7 Å². The molecular weight excluding hydrogens is 475 g/mol. The van der Waals surface area contributed by atoms with Gasteiger partial charge < -0.3 is 23.7 Å². The van der Waals surface area contributed by atoms with Gasteiger partial charge in [0.25, 0.3) is 0 Å². The van der Waals surface area contributed by atoms with Gasteiger partial charge in [0, 0.05) is 43.5 Å². The van der Waals surface area contributed by atoms with Crippen LogP contribution in [-0.4, -0.2) is 55.3 Å². The van der Waals surface area contributed by atoms with E-state index in [1.54, 1.807) is 11.8 Å². The first kappa shape index (κ1) is 24.9. The number of hydrogen-bond acceptors (Lipinski definition) is 6. The van der Waals surface area contributed by atoms with Crippen molar-refractivity contribution in [2.24, 2.45) is 0 Å². The minimum absolute atomic E-state index is 0.0638. The van der Waals surface area contributed by atoms with Crippen LogP contribution in [0.1, 0.15) is 38.2 Å². The number of hydrogen-bond donors (Lipinski definition) is 0. The highest BCUT2D eigenvalue weighted by Crippen LogP contribution is 2.37. The molecule has 35 heavy (non-hydrogen) atoms. The Morgan fingerprint density at radius 1 is 1.09 bits per heavy atom. The number of piperazine rings is 1. The van der Waals surface area contributed by atoms with Gasteiger partial charge in [0.1, 0.15) is 11.2 Å². The zero-order chi connectivity index (χ0) is 25.3. The van der Waals surface area contributed by atoms with Crippen LogP contribution >= 0.6 is 11.6 Å². The van der Waals surface area contributed by atoms with Gasteiger partial charge in [-0.1, -0.05) is 23.7 Å². The maximum absolute atomic E-state index is 14.7. The van der Waals surface area contributed by atoms with Crippen LogP contribution in [0.25, 0.3) is 22.1 Å². The van der Waals surface area contributed by atoms with Crippen LogP contribution < -0.4 is 4.90 Å². The van der Waals surface area contributed by atoms with Crippen molar-refractivity contribution < 1.29 is 27.9 Å². The van der Waals surface area contributed by atoms with Gasteiger partial charge in [0.15, 0.2) is 5.82 Å². The first-order valence-corrected chi connectivity index (χ1v) is 11.9. The molecule has 2 heterocycles. The Kier molecular flexibility index (Phi) is 6.94. The van der Waals surface area contributed by atoms with Crippen LogP contribution in [0.4, 0.5) is 14.9 Å². The summed E-state index contributed by atoms with van der Waals surface area (Å²) in [7, 11) is 0. The summed E-state index contributed by atoms with van der Waals surface area (Å²) in [6.45, 7) is 9.89. The fraction of sp³-hybridized carbons (Fsp3) is 0.385. The van der Waals surface area contributed by atoms with Crippen molar-refractivity contribution in [1.82, 2.24) is 4.90 Å². The van der Waals surface area contributed by atoms with E-state index >= 15 is 0 Å². The fourth-order valence-corrected chi connectivity index (χ4v) is 4.19. The van der Waals surface area contributed by atoms with Gasteiger partial charge in [-0.25, -0.2) is 14.0 Å². The zero-order valence-corrected chi connectivity index (χ0v) is 20.9. The summed E-state index contributed by atoms with van der Waals surface area (Å²) < 4.78 is 30.8. The smallest absolute Gasteiger partial charge is 0.410 e. The van der Waals surface area contributed by atoms with E-state index in [1.165, 1.54) is 12.1 Å². The summed E-state index contributed by atoms with van der Waals surface area (Å²) in [5.41, 5.74) is 2.03. The predicted molar refractivity (Wildman–Crippen MR) is 133 cm³/mol. The minimum atomic E-state index is -0.661. The van der Waals surface area contributed by atoms with Crippen LogP contribution in [0, 0.1) is 5.82 Å². The molecule has 1 amide bonds. The fourth-order valence-electron chi connectivity index (χ4n) is 3.98. The highest BCUT2D eigenvalue weighted by molar-refractivity contribution is 6.32. The number of anilines is 1. The van der Waals surface area contributed by atoms with Crippen molar-refractivity contribution in [3.05, 3.63) is 53.0 Å². The highest BCUT2D eigenvalue weighted by Gasteiger charge is 2.26. The molecule has 7 nitrogen and oxygen atoms in total. The molecular formula is C26H28ClFN2O5. The monoisotopic (exact) mass is 502 g/mol. The first-order valence-electron chi connectivity index (χ1n) is 11.5. The average Bonchev–Trinajstić information content (AvgIpc) is 3.27. The lowest BCUT2D eigenvalue weighted by Gasteiger charge is -2.36. The number of fused-ring (bicyclic) bond motifs is 1. The maximum atomic E-state index is 14.7. The third-order valence-corrected chi connectivity index (χ3v) is 5.92. The summed E-state index contributed by atoms with van der Waals surface area (Å²) in [5.74, 6) is -1.39. The number of carbonyl (C=O) groups excluding carboxylic acids is 2. The second-order valence-electron chi connectivity index (χ2n) is 9.30. The molecule has 2 aromatic carbocycles. The molecule has 9 heteroatoms. The van der Waals surface area contributed by atoms with Crippen molar-refractivity contribution in [1.29, 1.82) is 0 Å². The van der Waals surface area contributed by atoms with Crippen molar-refractivity contribution >= 4 is 40.3 Å². The van der Waals surface area contributed by atoms with Gasteiger partial charge in [0.2, 0.25) is 5.76 Å². The van der Waals surface area contributed by atoms with E-state index in [2.05, 4.69) is 4.90 Å². The molecule has 0 radical (unpaired) electrons. The van der Waals surface area contributed by atoms with E-state index in [1.807, 2.05) is 45.0 Å². The number of amides is 1. The Labute approximate surface area is 208 Å². The topological polar surface area (TPSA) is 72.2 Å². The van der Waals surface area contributed by atoms with Gasteiger partial charge in [-0.05, 0) is 51.5 Å². The number of carbonyl (C=O) groups is 2. The van der Waals surface area contributed by atoms with E-state index in [0.29, 0.717) is 31.7 Å². The molecule has 1 aliphatic rings. The maximum Gasteiger partial charge on any atom is 0.410 e. The lowest BCUT2D eigenvalue weighted by Crippen LogP contribution is -2.50. The molecule has 1 aliphatic heterocycles. The van der Waals surface area contributed by atoms with Gasteiger partial charge in [-0.2, -0.15) is 0 Å². The number of nitrogens with zero attached hydrogens (tertiary/aromatic N) is 2. The molecule has 1 fully saturated rings. The molecule has 0 atom stereocenters. The normalized spacial score (nSPS) is 14.3. The Morgan fingerprint density at radius 3 is 2.34 bits per heavy atom. The van der Waals surface area contributed by atoms with Crippen LogP contribution in [-0.2, 0) is 9.47 Å². The predicted octanol–water partition coefficient (Wildman–Crippen LogP) is 6.13. The summed E-state index contributed by atoms with van der Waals surface area (Å²) >= 11 is 6.14. The lowest BCUT2D eigenvalue weighted by molar-refractivity contribution is 0.0240. The van der Waals surface area contributed by atoms with Gasteiger partial charge >= 0.3 is 12.1 Å². The van der Waals surface area contributed by atoms with E-state index in [0.717, 1.165) is 11.3 Å². The summed E-state index contributed by atoms with van der Waals surface area (Å²) in [5, 5.41) is 0.0592. The van der Waals surface area contributed by atoms with Crippen molar-refractivity contribution in [2.45, 2.75) is 33.3 Å². The molecule has 3 aromatic rings. The summed E-state index contributed by atoms with van der Waals surface area (Å²) in [6, 6.07) is 10.5. The average molecular weight is 503 g/mol. The molecule has 0 N–H and O–H groups in total. The molecule has 0 spiro atoms.